The summed E-state index contributed by atoms with van der Waals surface area (Å²) in [6.45, 7) is 0. The number of nitrogens with two attached hydrogens (primary N) is 1. The van der Waals surface area contributed by atoms with Crippen molar-refractivity contribution in [1.82, 2.24) is 14.9 Å². The molecule has 1 amide bonds. The Morgan fingerprint density at radius 1 is 1.10 bits per heavy atom. The van der Waals surface area contributed by atoms with Crippen LogP contribution in [0.3, 0.4) is 0 Å². The fourth-order valence-electron chi connectivity index (χ4n) is 3.63. The number of benzene rings is 2. The number of nitrogens with zero attached hydrogens (tertiary/aromatic N) is 2. The summed E-state index contributed by atoms with van der Waals surface area (Å²) in [5, 5.41) is 2.98. The molecule has 0 aliphatic heterocycles. The van der Waals surface area contributed by atoms with E-state index < -0.39 is 17.3 Å². The zero-order chi connectivity index (χ0) is 21.1. The fourth-order valence-corrected chi connectivity index (χ4v) is 3.63. The van der Waals surface area contributed by atoms with E-state index in [0.717, 1.165) is 11.9 Å². The molecular weight excluding hydrogens is 387 g/mol. The molecular formula is C22H21FN4O3. The van der Waals surface area contributed by atoms with Crippen molar-refractivity contribution < 1.29 is 13.9 Å². The average molecular weight is 408 g/mol. The van der Waals surface area contributed by atoms with Crippen LogP contribution in [0.2, 0.25) is 0 Å². The second kappa shape index (κ2) is 8.36. The number of nitrogen functional groups attached to an aromatic ring is 1. The molecule has 3 N–H and O–H groups in total. The molecule has 0 saturated heterocycles. The lowest BCUT2D eigenvalue weighted by Gasteiger charge is -2.15. The van der Waals surface area contributed by atoms with Crippen LogP contribution in [0.5, 0.6) is 11.5 Å². The smallest absolute Gasteiger partial charge is 0.349 e. The Morgan fingerprint density at radius 3 is 2.53 bits per heavy atom. The van der Waals surface area contributed by atoms with E-state index in [9.17, 15) is 14.0 Å². The summed E-state index contributed by atoms with van der Waals surface area (Å²) in [6.07, 6.45) is 2.93. The first-order valence-electron chi connectivity index (χ1n) is 9.67. The molecule has 0 bridgehead atoms. The Bertz CT molecular complexity index is 1100. The quantitative estimate of drug-likeness (QED) is 0.675. The topological polar surface area (TPSA) is 99.2 Å². The second-order valence-corrected chi connectivity index (χ2v) is 7.24. The van der Waals surface area contributed by atoms with Gasteiger partial charge in [0, 0.05) is 23.8 Å². The van der Waals surface area contributed by atoms with Gasteiger partial charge in [-0.3, -0.25) is 9.36 Å². The molecule has 1 saturated carbocycles. The van der Waals surface area contributed by atoms with E-state index in [1.165, 1.54) is 4.57 Å². The number of carbonyl (C=O) groups is 1. The van der Waals surface area contributed by atoms with Gasteiger partial charge in [-0.2, -0.15) is 4.98 Å². The maximum absolute atomic E-state index is 13.7. The van der Waals surface area contributed by atoms with Crippen LogP contribution in [-0.2, 0) is 0 Å². The molecule has 0 spiro atoms. The van der Waals surface area contributed by atoms with Crippen molar-refractivity contribution in [3.63, 3.8) is 0 Å². The number of ether oxygens (including phenoxy) is 1. The third-order valence-electron chi connectivity index (χ3n) is 5.16. The van der Waals surface area contributed by atoms with Crippen molar-refractivity contribution in [1.29, 1.82) is 0 Å². The maximum Gasteiger partial charge on any atom is 0.349 e. The molecule has 1 aliphatic carbocycles. The van der Waals surface area contributed by atoms with Crippen LogP contribution >= 0.6 is 0 Å². The molecule has 0 unspecified atom stereocenters. The number of para-hydroxylation sites is 1. The predicted octanol–water partition coefficient (Wildman–Crippen LogP) is 3.28. The van der Waals surface area contributed by atoms with Crippen LogP contribution in [0.25, 0.3) is 0 Å². The van der Waals surface area contributed by atoms with Crippen molar-refractivity contribution >= 4 is 11.7 Å². The molecule has 3 aromatic rings. The second-order valence-electron chi connectivity index (χ2n) is 7.24. The van der Waals surface area contributed by atoms with Gasteiger partial charge in [0.2, 0.25) is 0 Å². The van der Waals surface area contributed by atoms with E-state index in [1.807, 2.05) is 30.3 Å². The highest BCUT2D eigenvalue weighted by atomic mass is 19.1. The van der Waals surface area contributed by atoms with E-state index >= 15 is 0 Å². The summed E-state index contributed by atoms with van der Waals surface area (Å²) in [5.74, 6) is 0.0195. The van der Waals surface area contributed by atoms with Gasteiger partial charge in [0.25, 0.3) is 5.91 Å². The molecule has 1 aromatic heterocycles. The number of carbonyl (C=O) groups excluding carboxylic acids is 1. The van der Waals surface area contributed by atoms with Gasteiger partial charge in [-0.1, -0.05) is 18.2 Å². The highest BCUT2D eigenvalue weighted by Gasteiger charge is 2.28. The van der Waals surface area contributed by atoms with Crippen molar-refractivity contribution in [2.24, 2.45) is 0 Å². The Balaban J connectivity index is 1.36. The van der Waals surface area contributed by atoms with E-state index in [1.54, 1.807) is 24.3 Å². The van der Waals surface area contributed by atoms with Crippen LogP contribution in [-0.4, -0.2) is 21.5 Å². The lowest BCUT2D eigenvalue weighted by atomic mass is 10.1. The molecule has 30 heavy (non-hydrogen) atoms. The molecule has 1 aliphatic rings. The van der Waals surface area contributed by atoms with Crippen LogP contribution in [0, 0.1) is 5.82 Å². The summed E-state index contributed by atoms with van der Waals surface area (Å²) < 4.78 is 20.7. The normalized spacial score (nSPS) is 18.2. The van der Waals surface area contributed by atoms with Crippen LogP contribution in [0.4, 0.5) is 10.2 Å². The van der Waals surface area contributed by atoms with Gasteiger partial charge in [0.05, 0.1) is 0 Å². The molecule has 7 nitrogen and oxygen atoms in total. The number of halogens is 1. The van der Waals surface area contributed by atoms with Crippen molar-refractivity contribution in [2.45, 2.75) is 31.3 Å². The van der Waals surface area contributed by atoms with Crippen molar-refractivity contribution in [3.05, 3.63) is 82.7 Å². The lowest BCUT2D eigenvalue weighted by Crippen LogP contribution is -2.34. The molecule has 154 valence electrons. The molecule has 1 heterocycles. The summed E-state index contributed by atoms with van der Waals surface area (Å²) >= 11 is 0. The van der Waals surface area contributed by atoms with E-state index in [4.69, 9.17) is 10.5 Å². The summed E-state index contributed by atoms with van der Waals surface area (Å²) in [6, 6.07) is 15.9. The minimum Gasteiger partial charge on any atom is -0.457 e. The molecule has 2 atom stereocenters. The number of aromatic nitrogens is 2. The number of hydrogen-bond donors (Lipinski definition) is 2. The number of nitrogens with one attached hydrogen (secondary N) is 1. The Hall–Kier alpha value is -3.68. The van der Waals surface area contributed by atoms with Gasteiger partial charge in [-0.25, -0.2) is 9.18 Å². The van der Waals surface area contributed by atoms with Gasteiger partial charge in [0.15, 0.2) is 11.6 Å². The monoisotopic (exact) mass is 408 g/mol. The third kappa shape index (κ3) is 4.32. The molecule has 0 radical (unpaired) electrons. The minimum absolute atomic E-state index is 0.116. The van der Waals surface area contributed by atoms with Gasteiger partial charge in [-0.05, 0) is 55.7 Å². The third-order valence-corrected chi connectivity index (χ3v) is 5.16. The van der Waals surface area contributed by atoms with E-state index in [2.05, 4.69) is 10.3 Å². The molecule has 8 heteroatoms. The minimum atomic E-state index is -0.722. The fraction of sp³-hybridized carbons (Fsp3) is 0.227. The van der Waals surface area contributed by atoms with Crippen molar-refractivity contribution in [2.75, 3.05) is 5.73 Å². The zero-order valence-electron chi connectivity index (χ0n) is 16.1. The largest absolute Gasteiger partial charge is 0.457 e. The van der Waals surface area contributed by atoms with E-state index in [-0.39, 0.29) is 18.0 Å². The summed E-state index contributed by atoms with van der Waals surface area (Å²) in [7, 11) is 0. The standard InChI is InChI=1S/C22H21FN4O3/c23-19-13-27(22(29)26-20(19)24)16-9-8-15(12-16)25-21(28)14-6-10-18(11-7-14)30-17-4-2-1-3-5-17/h1-7,10-11,13,15-16H,8-9,12H2,(H,25,28)(H2,24,26,29)/t15-,16-/m0/s1. The molecule has 4 rings (SSSR count). The Labute approximate surface area is 172 Å². The zero-order valence-corrected chi connectivity index (χ0v) is 16.1. The van der Waals surface area contributed by atoms with Crippen molar-refractivity contribution in [3.8, 4) is 11.5 Å². The van der Waals surface area contributed by atoms with Crippen LogP contribution in [0.15, 0.2) is 65.6 Å². The maximum atomic E-state index is 13.7. The number of anilines is 1. The predicted molar refractivity (Wildman–Crippen MR) is 110 cm³/mol. The van der Waals surface area contributed by atoms with Crippen LogP contribution in [0.1, 0.15) is 35.7 Å². The van der Waals surface area contributed by atoms with Gasteiger partial charge >= 0.3 is 5.69 Å². The first kappa shape index (κ1) is 19.6. The van der Waals surface area contributed by atoms with Gasteiger partial charge in [0.1, 0.15) is 11.5 Å². The van der Waals surface area contributed by atoms with Gasteiger partial charge < -0.3 is 15.8 Å². The highest BCUT2D eigenvalue weighted by Crippen LogP contribution is 2.29. The average Bonchev–Trinajstić information content (AvgIpc) is 3.20. The van der Waals surface area contributed by atoms with Crippen LogP contribution < -0.4 is 21.5 Å². The SMILES string of the molecule is Nc1nc(=O)n([C@H]2CC[C@H](NC(=O)c3ccc(Oc4ccccc4)cc3)C2)cc1F. The highest BCUT2D eigenvalue weighted by molar-refractivity contribution is 5.94. The van der Waals surface area contributed by atoms with Gasteiger partial charge in [-0.15, -0.1) is 0 Å². The first-order valence-corrected chi connectivity index (χ1v) is 9.67. The number of rotatable bonds is 5. The first-order chi connectivity index (χ1) is 14.5. The number of hydrogen-bond acceptors (Lipinski definition) is 5. The number of amides is 1. The lowest BCUT2D eigenvalue weighted by molar-refractivity contribution is 0.0937. The van der Waals surface area contributed by atoms with E-state index in [0.29, 0.717) is 30.6 Å². The molecule has 2 aromatic carbocycles. The molecule has 1 fully saturated rings. The summed E-state index contributed by atoms with van der Waals surface area (Å²) in [5.41, 5.74) is 5.26. The summed E-state index contributed by atoms with van der Waals surface area (Å²) in [4.78, 5) is 28.1. The Kier molecular flexibility index (Phi) is 5.47. The Morgan fingerprint density at radius 2 is 1.80 bits per heavy atom.